The standard InChI is InChI=1S/C19H19F4N3O4S/c20-15-5-7-16(8-6-15)31(28,29)26-11-9-25(10-12-26)18(27)24-13-14-3-1-2-4-17(14)30-19(21,22)23/h1-8H,9-13H2,(H,24,27). The Hall–Kier alpha value is -2.86. The predicted molar refractivity (Wildman–Crippen MR) is 102 cm³/mol. The van der Waals surface area contributed by atoms with E-state index in [0.29, 0.717) is 0 Å². The zero-order chi connectivity index (χ0) is 22.6. The summed E-state index contributed by atoms with van der Waals surface area (Å²) in [6, 6.07) is 9.35. The normalized spacial score (nSPS) is 15.5. The number of hydrogen-bond donors (Lipinski definition) is 1. The van der Waals surface area contributed by atoms with E-state index in [2.05, 4.69) is 10.1 Å². The van der Waals surface area contributed by atoms with Gasteiger partial charge in [-0.2, -0.15) is 4.31 Å². The number of piperazine rings is 1. The van der Waals surface area contributed by atoms with Crippen LogP contribution < -0.4 is 10.1 Å². The van der Waals surface area contributed by atoms with Gasteiger partial charge in [-0.3, -0.25) is 0 Å². The molecule has 2 amide bonds. The van der Waals surface area contributed by atoms with Gasteiger partial charge in [0.15, 0.2) is 0 Å². The molecule has 1 aliphatic heterocycles. The molecule has 2 aromatic carbocycles. The van der Waals surface area contributed by atoms with E-state index in [1.165, 1.54) is 39.5 Å². The number of benzene rings is 2. The fourth-order valence-electron chi connectivity index (χ4n) is 3.04. The summed E-state index contributed by atoms with van der Waals surface area (Å²) in [5.41, 5.74) is 0.144. The van der Waals surface area contributed by atoms with Gasteiger partial charge < -0.3 is 15.0 Å². The number of carbonyl (C=O) groups is 1. The van der Waals surface area contributed by atoms with Crippen LogP contribution in [0.15, 0.2) is 53.4 Å². The number of urea groups is 1. The molecule has 1 heterocycles. The van der Waals surface area contributed by atoms with Crippen LogP contribution in [-0.2, 0) is 16.6 Å². The summed E-state index contributed by atoms with van der Waals surface area (Å²) in [7, 11) is -3.82. The highest BCUT2D eigenvalue weighted by Crippen LogP contribution is 2.26. The van der Waals surface area contributed by atoms with Crippen molar-refractivity contribution in [3.63, 3.8) is 0 Å². The van der Waals surface area contributed by atoms with Crippen molar-refractivity contribution in [2.24, 2.45) is 0 Å². The molecule has 0 saturated carbocycles. The number of carbonyl (C=O) groups excluding carboxylic acids is 1. The van der Waals surface area contributed by atoms with Gasteiger partial charge in [-0.15, -0.1) is 13.2 Å². The minimum Gasteiger partial charge on any atom is -0.405 e. The minimum atomic E-state index is -4.85. The molecule has 0 spiro atoms. The number of para-hydroxylation sites is 1. The van der Waals surface area contributed by atoms with Gasteiger partial charge in [-0.25, -0.2) is 17.6 Å². The van der Waals surface area contributed by atoms with Crippen molar-refractivity contribution in [1.82, 2.24) is 14.5 Å². The van der Waals surface area contributed by atoms with E-state index in [1.54, 1.807) is 0 Å². The van der Waals surface area contributed by atoms with Gasteiger partial charge in [0.05, 0.1) is 4.90 Å². The fourth-order valence-corrected chi connectivity index (χ4v) is 4.47. The summed E-state index contributed by atoms with van der Waals surface area (Å²) in [6.45, 7) is 0.0426. The third-order valence-corrected chi connectivity index (χ3v) is 6.52. The van der Waals surface area contributed by atoms with Crippen molar-refractivity contribution in [3.05, 3.63) is 59.9 Å². The minimum absolute atomic E-state index is 0.0287. The van der Waals surface area contributed by atoms with Crippen LogP contribution in [0.4, 0.5) is 22.4 Å². The average molecular weight is 461 g/mol. The lowest BCUT2D eigenvalue weighted by Gasteiger charge is -2.34. The molecule has 2 aromatic rings. The largest absolute Gasteiger partial charge is 0.573 e. The molecule has 0 unspecified atom stereocenters. The Bertz CT molecular complexity index is 1020. The molecular weight excluding hydrogens is 442 g/mol. The molecule has 1 fully saturated rings. The number of rotatable bonds is 5. The van der Waals surface area contributed by atoms with Crippen LogP contribution in [-0.4, -0.2) is 56.2 Å². The Kier molecular flexibility index (Phi) is 6.70. The Morgan fingerprint density at radius 2 is 1.61 bits per heavy atom. The van der Waals surface area contributed by atoms with Crippen molar-refractivity contribution >= 4 is 16.1 Å². The van der Waals surface area contributed by atoms with E-state index in [0.717, 1.165) is 18.2 Å². The van der Waals surface area contributed by atoms with Gasteiger partial charge >= 0.3 is 12.4 Å². The van der Waals surface area contributed by atoms with Crippen LogP contribution >= 0.6 is 0 Å². The number of nitrogens with zero attached hydrogens (tertiary/aromatic N) is 2. The quantitative estimate of drug-likeness (QED) is 0.695. The maximum absolute atomic E-state index is 13.0. The second-order valence-corrected chi connectivity index (χ2v) is 8.60. The highest BCUT2D eigenvalue weighted by atomic mass is 32.2. The Morgan fingerprint density at radius 3 is 2.23 bits per heavy atom. The Labute approximate surface area is 176 Å². The van der Waals surface area contributed by atoms with E-state index >= 15 is 0 Å². The van der Waals surface area contributed by atoms with Crippen molar-refractivity contribution in [3.8, 4) is 5.75 Å². The molecule has 31 heavy (non-hydrogen) atoms. The topological polar surface area (TPSA) is 79.0 Å². The summed E-state index contributed by atoms with van der Waals surface area (Å²) >= 11 is 0. The smallest absolute Gasteiger partial charge is 0.405 e. The van der Waals surface area contributed by atoms with Gasteiger partial charge in [0.2, 0.25) is 10.0 Å². The van der Waals surface area contributed by atoms with Crippen LogP contribution in [0, 0.1) is 5.82 Å². The molecule has 168 valence electrons. The molecule has 0 bridgehead atoms. The lowest BCUT2D eigenvalue weighted by Crippen LogP contribution is -2.52. The van der Waals surface area contributed by atoms with Crippen LogP contribution in [0.3, 0.4) is 0 Å². The van der Waals surface area contributed by atoms with Gasteiger partial charge in [0.25, 0.3) is 0 Å². The van der Waals surface area contributed by atoms with E-state index in [1.807, 2.05) is 0 Å². The lowest BCUT2D eigenvalue weighted by molar-refractivity contribution is -0.274. The van der Waals surface area contributed by atoms with Crippen LogP contribution in [0.25, 0.3) is 0 Å². The van der Waals surface area contributed by atoms with Gasteiger partial charge in [0, 0.05) is 38.3 Å². The fraction of sp³-hybridized carbons (Fsp3) is 0.316. The first-order valence-electron chi connectivity index (χ1n) is 9.18. The third kappa shape index (κ3) is 5.85. The first-order valence-corrected chi connectivity index (χ1v) is 10.6. The van der Waals surface area contributed by atoms with Gasteiger partial charge in [-0.05, 0) is 30.3 Å². The Balaban J connectivity index is 1.56. The van der Waals surface area contributed by atoms with Crippen molar-refractivity contribution in [2.75, 3.05) is 26.2 Å². The Morgan fingerprint density at radius 1 is 1.00 bits per heavy atom. The van der Waals surface area contributed by atoms with Crippen LogP contribution in [0.1, 0.15) is 5.56 Å². The van der Waals surface area contributed by atoms with E-state index < -0.39 is 34.0 Å². The summed E-state index contributed by atoms with van der Waals surface area (Å²) in [4.78, 5) is 13.7. The number of halogens is 4. The van der Waals surface area contributed by atoms with E-state index in [4.69, 9.17) is 0 Å². The number of ether oxygens (including phenoxy) is 1. The molecule has 0 atom stereocenters. The number of amides is 2. The first-order chi connectivity index (χ1) is 14.6. The first kappa shape index (κ1) is 22.8. The molecule has 0 aliphatic carbocycles. The summed E-state index contributed by atoms with van der Waals surface area (Å²) in [5.74, 6) is -0.965. The van der Waals surface area contributed by atoms with Crippen molar-refractivity contribution in [2.45, 2.75) is 17.8 Å². The molecular formula is C19H19F4N3O4S. The number of alkyl halides is 3. The molecule has 1 aliphatic rings. The number of sulfonamides is 1. The van der Waals surface area contributed by atoms with Gasteiger partial charge in [0.1, 0.15) is 11.6 Å². The monoisotopic (exact) mass is 461 g/mol. The third-order valence-electron chi connectivity index (χ3n) is 4.61. The highest BCUT2D eigenvalue weighted by Gasteiger charge is 2.32. The predicted octanol–water partition coefficient (Wildman–Crippen LogP) is 2.94. The van der Waals surface area contributed by atoms with Crippen LogP contribution in [0.5, 0.6) is 5.75 Å². The SMILES string of the molecule is O=C(NCc1ccccc1OC(F)(F)F)N1CCN(S(=O)(=O)c2ccc(F)cc2)CC1. The van der Waals surface area contributed by atoms with Crippen LogP contribution in [0.2, 0.25) is 0 Å². The molecule has 0 radical (unpaired) electrons. The van der Waals surface area contributed by atoms with E-state index in [9.17, 15) is 30.8 Å². The maximum atomic E-state index is 13.0. The second-order valence-electron chi connectivity index (χ2n) is 6.66. The number of hydrogen-bond acceptors (Lipinski definition) is 4. The van der Waals surface area contributed by atoms with Crippen molar-refractivity contribution < 1.29 is 35.5 Å². The molecule has 3 rings (SSSR count). The van der Waals surface area contributed by atoms with E-state index in [-0.39, 0.29) is 43.2 Å². The van der Waals surface area contributed by atoms with Crippen molar-refractivity contribution in [1.29, 1.82) is 0 Å². The van der Waals surface area contributed by atoms with Gasteiger partial charge in [-0.1, -0.05) is 18.2 Å². The average Bonchev–Trinajstić information content (AvgIpc) is 2.72. The zero-order valence-electron chi connectivity index (χ0n) is 16.1. The summed E-state index contributed by atoms with van der Waals surface area (Å²) < 4.78 is 80.9. The number of nitrogens with one attached hydrogen (secondary N) is 1. The molecule has 1 N–H and O–H groups in total. The lowest BCUT2D eigenvalue weighted by atomic mass is 10.2. The molecule has 7 nitrogen and oxygen atoms in total. The molecule has 1 saturated heterocycles. The second kappa shape index (κ2) is 9.10. The molecule has 12 heteroatoms. The maximum Gasteiger partial charge on any atom is 0.573 e. The molecule has 0 aromatic heterocycles. The highest BCUT2D eigenvalue weighted by molar-refractivity contribution is 7.89. The summed E-state index contributed by atoms with van der Waals surface area (Å²) in [5, 5.41) is 2.52. The zero-order valence-corrected chi connectivity index (χ0v) is 16.9. The summed E-state index contributed by atoms with van der Waals surface area (Å²) in [6.07, 6.45) is -4.85.